The molecule has 2 rings (SSSR count). The summed E-state index contributed by atoms with van der Waals surface area (Å²) in [7, 11) is 0. The van der Waals surface area contributed by atoms with Crippen LogP contribution in [0, 0.1) is 0 Å². The summed E-state index contributed by atoms with van der Waals surface area (Å²) in [5.74, 6) is 0.794. The van der Waals surface area contributed by atoms with E-state index in [4.69, 9.17) is 4.74 Å². The van der Waals surface area contributed by atoms with Crippen LogP contribution >= 0.6 is 11.8 Å². The highest BCUT2D eigenvalue weighted by Gasteiger charge is 2.15. The van der Waals surface area contributed by atoms with Crippen LogP contribution in [0.15, 0.2) is 47.5 Å². The van der Waals surface area contributed by atoms with Crippen molar-refractivity contribution in [3.8, 4) is 11.6 Å². The normalized spacial score (nSPS) is 10.5. The Morgan fingerprint density at radius 1 is 1.29 bits per heavy atom. The number of nitrogens with one attached hydrogen (secondary N) is 1. The lowest BCUT2D eigenvalue weighted by molar-refractivity contribution is 0.0940. The molecule has 110 valence electrons. The molecule has 2 aromatic rings. The number of carbonyl (C=O) groups is 1. The van der Waals surface area contributed by atoms with E-state index in [-0.39, 0.29) is 11.9 Å². The smallest absolute Gasteiger partial charge is 0.256 e. The first kappa shape index (κ1) is 15.4. The molecule has 0 saturated heterocycles. The van der Waals surface area contributed by atoms with Crippen molar-refractivity contribution in [3.05, 3.63) is 48.2 Å². The van der Waals surface area contributed by atoms with Gasteiger partial charge in [-0.2, -0.15) is 0 Å². The number of pyridine rings is 1. The van der Waals surface area contributed by atoms with Crippen LogP contribution in [-0.4, -0.2) is 23.2 Å². The standard InChI is InChI=1S/C16H18N2O2S/c1-11(2)18-15(19)14-8-5-9-17-16(14)20-12-6-4-7-13(10-12)21-3/h4-11H,1-3H3,(H,18,19). The molecular weight excluding hydrogens is 284 g/mol. The number of aromatic nitrogens is 1. The van der Waals surface area contributed by atoms with E-state index in [1.165, 1.54) is 0 Å². The fourth-order valence-electron chi connectivity index (χ4n) is 1.76. The first-order chi connectivity index (χ1) is 10.1. The van der Waals surface area contributed by atoms with Crippen LogP contribution < -0.4 is 10.1 Å². The van der Waals surface area contributed by atoms with Gasteiger partial charge in [-0.25, -0.2) is 4.98 Å². The van der Waals surface area contributed by atoms with E-state index in [2.05, 4.69) is 10.3 Å². The summed E-state index contributed by atoms with van der Waals surface area (Å²) in [4.78, 5) is 17.4. The van der Waals surface area contributed by atoms with Gasteiger partial charge in [0.2, 0.25) is 5.88 Å². The van der Waals surface area contributed by atoms with Gasteiger partial charge in [-0.15, -0.1) is 11.8 Å². The minimum Gasteiger partial charge on any atom is -0.438 e. The second kappa shape index (κ2) is 7.13. The number of hydrogen-bond acceptors (Lipinski definition) is 4. The second-order valence-electron chi connectivity index (χ2n) is 4.77. The van der Waals surface area contributed by atoms with Crippen LogP contribution in [0.3, 0.4) is 0 Å². The number of ether oxygens (including phenoxy) is 1. The molecule has 5 heteroatoms. The summed E-state index contributed by atoms with van der Waals surface area (Å²) >= 11 is 1.63. The Labute approximate surface area is 128 Å². The van der Waals surface area contributed by atoms with Crippen LogP contribution in [0.2, 0.25) is 0 Å². The van der Waals surface area contributed by atoms with E-state index in [0.29, 0.717) is 17.2 Å². The van der Waals surface area contributed by atoms with E-state index in [1.54, 1.807) is 30.1 Å². The summed E-state index contributed by atoms with van der Waals surface area (Å²) in [5.41, 5.74) is 0.431. The molecule has 0 fully saturated rings. The first-order valence-corrected chi connectivity index (χ1v) is 7.90. The molecule has 1 aromatic heterocycles. The Morgan fingerprint density at radius 2 is 2.10 bits per heavy atom. The van der Waals surface area contributed by atoms with Crippen molar-refractivity contribution < 1.29 is 9.53 Å². The third-order valence-electron chi connectivity index (χ3n) is 2.69. The van der Waals surface area contributed by atoms with Crippen molar-refractivity contribution in [2.45, 2.75) is 24.8 Å². The predicted octanol–water partition coefficient (Wildman–Crippen LogP) is 3.73. The van der Waals surface area contributed by atoms with Crippen LogP contribution in [-0.2, 0) is 0 Å². The van der Waals surface area contributed by atoms with E-state index in [1.807, 2.05) is 44.4 Å². The minimum absolute atomic E-state index is 0.0605. The van der Waals surface area contributed by atoms with E-state index in [9.17, 15) is 4.79 Å². The Morgan fingerprint density at radius 3 is 2.81 bits per heavy atom. The molecule has 0 radical (unpaired) electrons. The average Bonchev–Trinajstić information content (AvgIpc) is 2.47. The Hall–Kier alpha value is -2.01. The summed E-state index contributed by atoms with van der Waals surface area (Å²) in [6.45, 7) is 3.83. The summed E-state index contributed by atoms with van der Waals surface area (Å²) < 4.78 is 5.77. The molecule has 0 aliphatic carbocycles. The zero-order chi connectivity index (χ0) is 15.2. The van der Waals surface area contributed by atoms with Gasteiger partial charge in [-0.05, 0) is 50.4 Å². The van der Waals surface area contributed by atoms with Crippen LogP contribution in [0.5, 0.6) is 11.6 Å². The minimum atomic E-state index is -0.186. The number of nitrogens with zero attached hydrogens (tertiary/aromatic N) is 1. The van der Waals surface area contributed by atoms with Gasteiger partial charge in [0.15, 0.2) is 0 Å². The average molecular weight is 302 g/mol. The largest absolute Gasteiger partial charge is 0.438 e. The fourth-order valence-corrected chi connectivity index (χ4v) is 2.21. The number of thioether (sulfide) groups is 1. The zero-order valence-electron chi connectivity index (χ0n) is 12.3. The van der Waals surface area contributed by atoms with Crippen molar-refractivity contribution in [2.75, 3.05) is 6.26 Å². The van der Waals surface area contributed by atoms with Crippen LogP contribution in [0.1, 0.15) is 24.2 Å². The van der Waals surface area contributed by atoms with Gasteiger partial charge in [0.1, 0.15) is 11.3 Å². The van der Waals surface area contributed by atoms with Gasteiger partial charge < -0.3 is 10.1 Å². The van der Waals surface area contributed by atoms with Crippen molar-refractivity contribution in [1.82, 2.24) is 10.3 Å². The molecule has 0 aliphatic heterocycles. The molecule has 4 nitrogen and oxygen atoms in total. The van der Waals surface area contributed by atoms with E-state index in [0.717, 1.165) is 4.90 Å². The Kier molecular flexibility index (Phi) is 5.22. The molecule has 1 N–H and O–H groups in total. The Balaban J connectivity index is 2.25. The molecular formula is C16H18N2O2S. The fraction of sp³-hybridized carbons (Fsp3) is 0.250. The third-order valence-corrected chi connectivity index (χ3v) is 3.42. The van der Waals surface area contributed by atoms with Gasteiger partial charge in [0.25, 0.3) is 5.91 Å². The molecule has 1 aromatic carbocycles. The molecule has 0 bridgehead atoms. The van der Waals surface area contributed by atoms with Crippen LogP contribution in [0.4, 0.5) is 0 Å². The summed E-state index contributed by atoms with van der Waals surface area (Å²) in [5, 5.41) is 2.84. The molecule has 0 atom stereocenters. The lowest BCUT2D eigenvalue weighted by Crippen LogP contribution is -2.30. The maximum Gasteiger partial charge on any atom is 0.256 e. The summed E-state index contributed by atoms with van der Waals surface area (Å²) in [6.07, 6.45) is 3.61. The van der Waals surface area contributed by atoms with Gasteiger partial charge in [0, 0.05) is 17.1 Å². The summed E-state index contributed by atoms with van der Waals surface area (Å²) in [6, 6.07) is 11.2. The highest BCUT2D eigenvalue weighted by Crippen LogP contribution is 2.26. The topological polar surface area (TPSA) is 51.2 Å². The van der Waals surface area contributed by atoms with Crippen molar-refractivity contribution in [2.24, 2.45) is 0 Å². The molecule has 0 unspecified atom stereocenters. The lowest BCUT2D eigenvalue weighted by Gasteiger charge is -2.12. The number of carbonyl (C=O) groups excluding carboxylic acids is 1. The monoisotopic (exact) mass is 302 g/mol. The van der Waals surface area contributed by atoms with Gasteiger partial charge >= 0.3 is 0 Å². The maximum atomic E-state index is 12.2. The molecule has 0 saturated carbocycles. The zero-order valence-corrected chi connectivity index (χ0v) is 13.1. The van der Waals surface area contributed by atoms with Crippen molar-refractivity contribution in [1.29, 1.82) is 0 Å². The molecule has 1 heterocycles. The van der Waals surface area contributed by atoms with Gasteiger partial charge in [-0.3, -0.25) is 4.79 Å². The molecule has 21 heavy (non-hydrogen) atoms. The Bertz CT molecular complexity index is 629. The highest BCUT2D eigenvalue weighted by atomic mass is 32.2. The highest BCUT2D eigenvalue weighted by molar-refractivity contribution is 7.98. The first-order valence-electron chi connectivity index (χ1n) is 6.68. The maximum absolute atomic E-state index is 12.2. The quantitative estimate of drug-likeness (QED) is 0.855. The number of hydrogen-bond donors (Lipinski definition) is 1. The van der Waals surface area contributed by atoms with Crippen molar-refractivity contribution >= 4 is 17.7 Å². The van der Waals surface area contributed by atoms with Crippen molar-refractivity contribution in [3.63, 3.8) is 0 Å². The third kappa shape index (κ3) is 4.23. The SMILES string of the molecule is CSc1cccc(Oc2ncccc2C(=O)NC(C)C)c1. The second-order valence-corrected chi connectivity index (χ2v) is 5.64. The van der Waals surface area contributed by atoms with Gasteiger partial charge in [-0.1, -0.05) is 6.07 Å². The molecule has 1 amide bonds. The van der Waals surface area contributed by atoms with Gasteiger partial charge in [0.05, 0.1) is 0 Å². The van der Waals surface area contributed by atoms with E-state index >= 15 is 0 Å². The lowest BCUT2D eigenvalue weighted by atomic mass is 10.2. The number of rotatable bonds is 5. The molecule has 0 aliphatic rings. The van der Waals surface area contributed by atoms with Crippen LogP contribution in [0.25, 0.3) is 0 Å². The molecule has 0 spiro atoms. The van der Waals surface area contributed by atoms with E-state index < -0.39 is 0 Å². The number of amides is 1. The predicted molar refractivity (Wildman–Crippen MR) is 85.1 cm³/mol. The number of benzene rings is 1.